The van der Waals surface area contributed by atoms with Gasteiger partial charge >= 0.3 is 5.97 Å². The zero-order valence-corrected chi connectivity index (χ0v) is 18.6. The summed E-state index contributed by atoms with van der Waals surface area (Å²) in [5.41, 5.74) is -0.516. The van der Waals surface area contributed by atoms with Crippen LogP contribution in [-0.4, -0.2) is 29.6 Å². The third kappa shape index (κ3) is 2.73. The molecule has 9 atom stereocenters. The predicted molar refractivity (Wildman–Crippen MR) is 110 cm³/mol. The molecule has 0 spiro atoms. The summed E-state index contributed by atoms with van der Waals surface area (Å²) in [6.45, 7) is 8.12. The molecule has 0 unspecified atom stereocenters. The first-order valence-electron chi connectivity index (χ1n) is 12.0. The minimum Gasteiger partial charge on any atom is -0.462 e. The van der Waals surface area contributed by atoms with E-state index in [1.165, 1.54) is 25.7 Å². The highest BCUT2D eigenvalue weighted by Gasteiger charge is 2.70. The van der Waals surface area contributed by atoms with Gasteiger partial charge in [-0.1, -0.05) is 13.8 Å². The number of ketones is 1. The molecule has 0 aromatic carbocycles. The van der Waals surface area contributed by atoms with E-state index in [-0.39, 0.29) is 24.1 Å². The maximum absolute atomic E-state index is 12.9. The number of hydrogen-bond acceptors (Lipinski definition) is 4. The standard InChI is InChI=1S/C25H38O4/c1-23(2,13-26)22(28)29-15-7-9-24(3)14(11-15)5-6-16-19(24)8-10-25(4)20(16)17-12-18(17)21(25)27/h14-20,26H,5-13H2,1-4H3/t14-,15+,16-,17-,18+,19+,20-,24+,25+/m1/s1. The molecule has 29 heavy (non-hydrogen) atoms. The number of fused-ring (bicyclic) bond motifs is 7. The Morgan fingerprint density at radius 3 is 2.59 bits per heavy atom. The number of ether oxygens (including phenoxy) is 1. The second kappa shape index (κ2) is 6.31. The van der Waals surface area contributed by atoms with Crippen molar-refractivity contribution >= 4 is 11.8 Å². The number of rotatable bonds is 3. The molecule has 5 aliphatic carbocycles. The number of carbonyl (C=O) groups is 2. The van der Waals surface area contributed by atoms with Gasteiger partial charge in [-0.3, -0.25) is 9.59 Å². The van der Waals surface area contributed by atoms with E-state index in [0.717, 1.165) is 37.5 Å². The Labute approximate surface area is 175 Å². The molecule has 0 aromatic heterocycles. The normalized spacial score (nSPS) is 50.8. The number of aliphatic hydroxyl groups is 1. The lowest BCUT2D eigenvalue weighted by molar-refractivity contribution is -0.173. The van der Waals surface area contributed by atoms with Gasteiger partial charge in [0.05, 0.1) is 12.0 Å². The van der Waals surface area contributed by atoms with Crippen LogP contribution in [0, 0.1) is 51.8 Å². The molecule has 0 saturated heterocycles. The molecule has 5 saturated carbocycles. The monoisotopic (exact) mass is 402 g/mol. The van der Waals surface area contributed by atoms with Crippen LogP contribution in [0.15, 0.2) is 0 Å². The largest absolute Gasteiger partial charge is 0.462 e. The van der Waals surface area contributed by atoms with Crippen LogP contribution in [0.2, 0.25) is 0 Å². The van der Waals surface area contributed by atoms with Crippen LogP contribution in [0.4, 0.5) is 0 Å². The molecule has 0 aliphatic heterocycles. The Kier molecular flexibility index (Phi) is 4.36. The minimum atomic E-state index is -0.817. The zero-order chi connectivity index (χ0) is 20.8. The van der Waals surface area contributed by atoms with Crippen molar-refractivity contribution in [1.82, 2.24) is 0 Å². The van der Waals surface area contributed by atoms with Crippen molar-refractivity contribution in [1.29, 1.82) is 0 Å². The van der Waals surface area contributed by atoms with Crippen LogP contribution in [0.1, 0.15) is 79.1 Å². The quantitative estimate of drug-likeness (QED) is 0.712. The minimum absolute atomic E-state index is 0.00215. The van der Waals surface area contributed by atoms with Crippen LogP contribution in [0.25, 0.3) is 0 Å². The van der Waals surface area contributed by atoms with E-state index in [4.69, 9.17) is 4.74 Å². The van der Waals surface area contributed by atoms with Gasteiger partial charge in [0.25, 0.3) is 0 Å². The molecule has 0 aromatic rings. The van der Waals surface area contributed by atoms with Crippen LogP contribution >= 0.6 is 0 Å². The van der Waals surface area contributed by atoms with Gasteiger partial charge in [-0.05, 0) is 100 Å². The summed E-state index contributed by atoms with van der Waals surface area (Å²) >= 11 is 0. The fraction of sp³-hybridized carbons (Fsp3) is 0.920. The topological polar surface area (TPSA) is 63.6 Å². The molecular formula is C25H38O4. The van der Waals surface area contributed by atoms with Crippen molar-refractivity contribution in [3.05, 3.63) is 0 Å². The molecule has 0 bridgehead atoms. The summed E-state index contributed by atoms with van der Waals surface area (Å²) in [5.74, 6) is 4.14. The highest BCUT2D eigenvalue weighted by molar-refractivity contribution is 5.92. The van der Waals surface area contributed by atoms with E-state index in [0.29, 0.717) is 34.9 Å². The Balaban J connectivity index is 1.31. The van der Waals surface area contributed by atoms with Crippen molar-refractivity contribution in [2.24, 2.45) is 51.8 Å². The van der Waals surface area contributed by atoms with Gasteiger partial charge < -0.3 is 9.84 Å². The van der Waals surface area contributed by atoms with Crippen molar-refractivity contribution in [2.45, 2.75) is 85.2 Å². The highest BCUT2D eigenvalue weighted by atomic mass is 16.5. The molecule has 0 amide bonds. The Morgan fingerprint density at radius 1 is 1.10 bits per heavy atom. The first-order chi connectivity index (χ1) is 13.6. The summed E-state index contributed by atoms with van der Waals surface area (Å²) in [6, 6.07) is 0. The molecule has 5 aliphatic rings. The molecule has 4 nitrogen and oxygen atoms in total. The van der Waals surface area contributed by atoms with Crippen molar-refractivity contribution in [3.8, 4) is 0 Å². The van der Waals surface area contributed by atoms with Crippen molar-refractivity contribution in [2.75, 3.05) is 6.61 Å². The molecule has 0 radical (unpaired) electrons. The summed E-state index contributed by atoms with van der Waals surface area (Å²) in [5, 5.41) is 9.47. The maximum atomic E-state index is 12.9. The molecule has 5 rings (SSSR count). The Morgan fingerprint density at radius 2 is 1.86 bits per heavy atom. The van der Waals surface area contributed by atoms with Gasteiger partial charge in [0, 0.05) is 11.3 Å². The average Bonchev–Trinajstić information content (AvgIpc) is 3.43. The number of hydrogen-bond donors (Lipinski definition) is 1. The second-order valence-corrected chi connectivity index (χ2v) is 12.2. The Hall–Kier alpha value is -0.900. The predicted octanol–water partition coefficient (Wildman–Crippen LogP) is 4.38. The molecule has 4 heteroatoms. The lowest BCUT2D eigenvalue weighted by Gasteiger charge is -2.60. The van der Waals surface area contributed by atoms with Crippen LogP contribution in [0.3, 0.4) is 0 Å². The third-order valence-corrected chi connectivity index (χ3v) is 10.3. The molecule has 0 heterocycles. The zero-order valence-electron chi connectivity index (χ0n) is 18.6. The van der Waals surface area contributed by atoms with Gasteiger partial charge in [0.2, 0.25) is 0 Å². The van der Waals surface area contributed by atoms with E-state index in [1.807, 2.05) is 0 Å². The SMILES string of the molecule is CC(C)(CO)C(=O)O[C@H]1CC[C@@]2(C)[C@H](CC[C@H]3[C@@H]4[C@@H]5C[C@@H]5C(=O)[C@@]4(C)CC[C@@H]32)C1. The Bertz CT molecular complexity index is 728. The number of carbonyl (C=O) groups excluding carboxylic acids is 2. The average molecular weight is 403 g/mol. The van der Waals surface area contributed by atoms with E-state index in [2.05, 4.69) is 13.8 Å². The smallest absolute Gasteiger partial charge is 0.314 e. The van der Waals surface area contributed by atoms with Crippen LogP contribution < -0.4 is 0 Å². The van der Waals surface area contributed by atoms with Gasteiger partial charge in [-0.2, -0.15) is 0 Å². The molecule has 162 valence electrons. The fourth-order valence-electron chi connectivity index (χ4n) is 8.36. The summed E-state index contributed by atoms with van der Waals surface area (Å²) in [4.78, 5) is 25.4. The van der Waals surface area contributed by atoms with Crippen LogP contribution in [0.5, 0.6) is 0 Å². The second-order valence-electron chi connectivity index (χ2n) is 12.2. The van der Waals surface area contributed by atoms with Crippen molar-refractivity contribution < 1.29 is 19.4 Å². The van der Waals surface area contributed by atoms with E-state index >= 15 is 0 Å². The first kappa shape index (κ1) is 20.0. The van der Waals surface area contributed by atoms with Crippen LogP contribution in [-0.2, 0) is 14.3 Å². The summed E-state index contributed by atoms with van der Waals surface area (Å²) in [6.07, 6.45) is 8.97. The number of esters is 1. The fourth-order valence-corrected chi connectivity index (χ4v) is 8.36. The van der Waals surface area contributed by atoms with Gasteiger partial charge in [0.1, 0.15) is 11.9 Å². The van der Waals surface area contributed by atoms with Crippen molar-refractivity contribution in [3.63, 3.8) is 0 Å². The lowest BCUT2D eigenvalue weighted by atomic mass is 9.44. The highest BCUT2D eigenvalue weighted by Crippen LogP contribution is 2.72. The van der Waals surface area contributed by atoms with Gasteiger partial charge in [-0.25, -0.2) is 0 Å². The number of Topliss-reactive ketones (excluding diaryl/α,β-unsaturated/α-hetero) is 1. The van der Waals surface area contributed by atoms with Gasteiger partial charge in [-0.15, -0.1) is 0 Å². The molecule has 5 fully saturated rings. The first-order valence-corrected chi connectivity index (χ1v) is 12.0. The van der Waals surface area contributed by atoms with E-state index in [9.17, 15) is 14.7 Å². The summed E-state index contributed by atoms with van der Waals surface area (Å²) in [7, 11) is 0. The lowest BCUT2D eigenvalue weighted by Crippen LogP contribution is -2.55. The third-order valence-electron chi connectivity index (χ3n) is 10.3. The maximum Gasteiger partial charge on any atom is 0.314 e. The van der Waals surface area contributed by atoms with Gasteiger partial charge in [0.15, 0.2) is 0 Å². The molecular weight excluding hydrogens is 364 g/mol. The summed E-state index contributed by atoms with van der Waals surface area (Å²) < 4.78 is 5.86. The number of aliphatic hydroxyl groups excluding tert-OH is 1. The van der Waals surface area contributed by atoms with E-state index < -0.39 is 5.41 Å². The molecule has 1 N–H and O–H groups in total. The van der Waals surface area contributed by atoms with E-state index in [1.54, 1.807) is 13.8 Å².